The number of nitrogens with one attached hydrogen (secondary N) is 2. The second-order valence-corrected chi connectivity index (χ2v) is 6.41. The van der Waals surface area contributed by atoms with Gasteiger partial charge in [0, 0.05) is 19.2 Å². The van der Waals surface area contributed by atoms with Crippen LogP contribution in [-0.2, 0) is 0 Å². The summed E-state index contributed by atoms with van der Waals surface area (Å²) in [5.74, 6) is 0.325. The molecule has 4 nitrogen and oxygen atoms in total. The third-order valence-electron chi connectivity index (χ3n) is 3.91. The first-order chi connectivity index (χ1) is 8.43. The molecule has 0 heterocycles. The molecule has 18 heavy (non-hydrogen) atoms. The van der Waals surface area contributed by atoms with Crippen LogP contribution in [0.5, 0.6) is 0 Å². The Morgan fingerprint density at radius 1 is 1.39 bits per heavy atom. The van der Waals surface area contributed by atoms with E-state index in [4.69, 9.17) is 5.11 Å². The molecule has 1 rings (SSSR count). The van der Waals surface area contributed by atoms with E-state index in [1.807, 2.05) is 6.92 Å². The second kappa shape index (κ2) is 6.98. The summed E-state index contributed by atoms with van der Waals surface area (Å²) in [7, 11) is 0. The molecule has 0 aromatic carbocycles. The van der Waals surface area contributed by atoms with Crippen molar-refractivity contribution in [3.63, 3.8) is 0 Å². The van der Waals surface area contributed by atoms with Crippen LogP contribution in [0.2, 0.25) is 0 Å². The van der Waals surface area contributed by atoms with E-state index in [2.05, 4.69) is 24.5 Å². The molecule has 2 amide bonds. The molecular formula is C14H28N2O2. The molecule has 1 aliphatic rings. The van der Waals surface area contributed by atoms with Gasteiger partial charge in [0.05, 0.1) is 0 Å². The van der Waals surface area contributed by atoms with Crippen molar-refractivity contribution in [2.45, 2.75) is 58.9 Å². The van der Waals surface area contributed by atoms with Crippen LogP contribution >= 0.6 is 0 Å². The van der Waals surface area contributed by atoms with Gasteiger partial charge in [0.1, 0.15) is 0 Å². The molecule has 1 atom stereocenters. The number of hydrogen-bond donors (Lipinski definition) is 3. The van der Waals surface area contributed by atoms with Gasteiger partial charge in [-0.05, 0) is 43.4 Å². The van der Waals surface area contributed by atoms with Crippen molar-refractivity contribution >= 4 is 6.03 Å². The van der Waals surface area contributed by atoms with Gasteiger partial charge in [-0.25, -0.2) is 4.79 Å². The van der Waals surface area contributed by atoms with Gasteiger partial charge in [-0.3, -0.25) is 0 Å². The van der Waals surface area contributed by atoms with E-state index < -0.39 is 0 Å². The first-order valence-electron chi connectivity index (χ1n) is 7.08. The number of amides is 2. The molecule has 0 aliphatic heterocycles. The zero-order chi connectivity index (χ0) is 13.6. The summed E-state index contributed by atoms with van der Waals surface area (Å²) in [5, 5.41) is 14.7. The molecule has 1 fully saturated rings. The van der Waals surface area contributed by atoms with Crippen LogP contribution in [0.25, 0.3) is 0 Å². The average molecular weight is 256 g/mol. The lowest BCUT2D eigenvalue weighted by molar-refractivity contribution is 0.196. The predicted octanol–water partition coefficient (Wildman–Crippen LogP) is 2.27. The summed E-state index contributed by atoms with van der Waals surface area (Å²) in [6.45, 7) is 7.42. The molecule has 0 aromatic rings. The zero-order valence-electron chi connectivity index (χ0n) is 12.0. The van der Waals surface area contributed by atoms with E-state index >= 15 is 0 Å². The molecule has 0 bridgehead atoms. The maximum Gasteiger partial charge on any atom is 0.315 e. The summed E-state index contributed by atoms with van der Waals surface area (Å²) in [4.78, 5) is 11.7. The van der Waals surface area contributed by atoms with Crippen molar-refractivity contribution in [2.75, 3.05) is 13.2 Å². The Kier molecular flexibility index (Phi) is 5.93. The minimum Gasteiger partial charge on any atom is -0.396 e. The highest BCUT2D eigenvalue weighted by atomic mass is 16.3. The molecule has 0 spiro atoms. The highest BCUT2D eigenvalue weighted by Crippen LogP contribution is 2.34. The monoisotopic (exact) mass is 256 g/mol. The van der Waals surface area contributed by atoms with E-state index in [1.54, 1.807) is 0 Å². The lowest BCUT2D eigenvalue weighted by Crippen LogP contribution is -2.45. The Bertz CT molecular complexity index is 257. The topological polar surface area (TPSA) is 61.4 Å². The maximum absolute atomic E-state index is 11.7. The molecule has 1 saturated carbocycles. The largest absolute Gasteiger partial charge is 0.396 e. The summed E-state index contributed by atoms with van der Waals surface area (Å²) in [6, 6.07) is 0.260. The van der Waals surface area contributed by atoms with E-state index in [-0.39, 0.29) is 12.6 Å². The average Bonchev–Trinajstić information content (AvgIpc) is 2.30. The van der Waals surface area contributed by atoms with Gasteiger partial charge >= 0.3 is 6.03 Å². The molecule has 3 N–H and O–H groups in total. The number of aliphatic hydroxyl groups is 1. The van der Waals surface area contributed by atoms with Crippen molar-refractivity contribution < 1.29 is 9.90 Å². The van der Waals surface area contributed by atoms with Gasteiger partial charge < -0.3 is 15.7 Å². The van der Waals surface area contributed by atoms with E-state index in [1.165, 1.54) is 12.8 Å². The molecular weight excluding hydrogens is 228 g/mol. The number of carbonyl (C=O) groups is 1. The molecule has 0 saturated heterocycles. The minimum absolute atomic E-state index is 0.0653. The SMILES string of the molecule is CC(CCO)CNC(=O)NC1CCC(C)(C)CC1. The number of hydrogen-bond acceptors (Lipinski definition) is 2. The third kappa shape index (κ3) is 5.71. The Morgan fingerprint density at radius 2 is 2.00 bits per heavy atom. The highest BCUT2D eigenvalue weighted by molar-refractivity contribution is 5.74. The van der Waals surface area contributed by atoms with Crippen LogP contribution in [-0.4, -0.2) is 30.3 Å². The fraction of sp³-hybridized carbons (Fsp3) is 0.929. The quantitative estimate of drug-likeness (QED) is 0.706. The Hall–Kier alpha value is -0.770. The maximum atomic E-state index is 11.7. The van der Waals surface area contributed by atoms with Crippen molar-refractivity contribution in [2.24, 2.45) is 11.3 Å². The van der Waals surface area contributed by atoms with E-state index in [0.717, 1.165) is 19.3 Å². The number of rotatable bonds is 5. The fourth-order valence-electron chi connectivity index (χ4n) is 2.37. The molecule has 1 aliphatic carbocycles. The van der Waals surface area contributed by atoms with Crippen LogP contribution in [0.4, 0.5) is 4.79 Å². The number of aliphatic hydroxyl groups excluding tert-OH is 1. The fourth-order valence-corrected chi connectivity index (χ4v) is 2.37. The van der Waals surface area contributed by atoms with Crippen molar-refractivity contribution in [3.05, 3.63) is 0 Å². The third-order valence-corrected chi connectivity index (χ3v) is 3.91. The molecule has 0 aromatic heterocycles. The molecule has 106 valence electrons. The molecule has 4 heteroatoms. The van der Waals surface area contributed by atoms with Crippen LogP contribution in [0.1, 0.15) is 52.9 Å². The van der Waals surface area contributed by atoms with Crippen molar-refractivity contribution in [1.82, 2.24) is 10.6 Å². The zero-order valence-corrected chi connectivity index (χ0v) is 12.0. The van der Waals surface area contributed by atoms with Crippen molar-refractivity contribution in [1.29, 1.82) is 0 Å². The Labute approximate surface area is 111 Å². The molecule has 1 unspecified atom stereocenters. The van der Waals surface area contributed by atoms with Gasteiger partial charge in [0.2, 0.25) is 0 Å². The van der Waals surface area contributed by atoms with Gasteiger partial charge in [-0.1, -0.05) is 20.8 Å². The summed E-state index contributed by atoms with van der Waals surface area (Å²) in [6.07, 6.45) is 5.24. The van der Waals surface area contributed by atoms with Crippen LogP contribution in [0, 0.1) is 11.3 Å². The first kappa shape index (κ1) is 15.3. The van der Waals surface area contributed by atoms with Crippen LogP contribution < -0.4 is 10.6 Å². The minimum atomic E-state index is -0.0653. The van der Waals surface area contributed by atoms with Gasteiger partial charge in [-0.2, -0.15) is 0 Å². The number of urea groups is 1. The Balaban J connectivity index is 2.17. The van der Waals surface area contributed by atoms with Gasteiger partial charge in [0.25, 0.3) is 0 Å². The summed E-state index contributed by atoms with van der Waals surface area (Å²) in [5.41, 5.74) is 0.435. The van der Waals surface area contributed by atoms with Crippen LogP contribution in [0.15, 0.2) is 0 Å². The Morgan fingerprint density at radius 3 is 2.56 bits per heavy atom. The van der Waals surface area contributed by atoms with Crippen LogP contribution in [0.3, 0.4) is 0 Å². The first-order valence-corrected chi connectivity index (χ1v) is 7.08. The standard InChI is InChI=1S/C14H28N2O2/c1-11(6-9-17)10-15-13(18)16-12-4-7-14(2,3)8-5-12/h11-12,17H,4-10H2,1-3H3,(H2,15,16,18). The number of carbonyl (C=O) groups excluding carboxylic acids is 1. The molecule has 0 radical (unpaired) electrons. The summed E-state index contributed by atoms with van der Waals surface area (Å²) < 4.78 is 0. The predicted molar refractivity (Wildman–Crippen MR) is 73.4 cm³/mol. The summed E-state index contributed by atoms with van der Waals surface area (Å²) >= 11 is 0. The second-order valence-electron chi connectivity index (χ2n) is 6.41. The van der Waals surface area contributed by atoms with E-state index in [0.29, 0.717) is 23.9 Å². The van der Waals surface area contributed by atoms with Gasteiger partial charge in [0.15, 0.2) is 0 Å². The normalized spacial score (nSPS) is 21.3. The van der Waals surface area contributed by atoms with Crippen molar-refractivity contribution in [3.8, 4) is 0 Å². The lowest BCUT2D eigenvalue weighted by Gasteiger charge is -2.34. The highest BCUT2D eigenvalue weighted by Gasteiger charge is 2.27. The smallest absolute Gasteiger partial charge is 0.315 e. The van der Waals surface area contributed by atoms with E-state index in [9.17, 15) is 4.79 Å². The van der Waals surface area contributed by atoms with Gasteiger partial charge in [-0.15, -0.1) is 0 Å². The lowest BCUT2D eigenvalue weighted by atomic mass is 9.76.